The molecule has 7 nitrogen and oxygen atoms in total. The Bertz CT molecular complexity index is 1080. The van der Waals surface area contributed by atoms with Crippen LogP contribution in [0, 0.1) is 5.41 Å². The number of aliphatic imine (C=N–C) groups is 1. The summed E-state index contributed by atoms with van der Waals surface area (Å²) in [5.41, 5.74) is 4.23. The lowest BCUT2D eigenvalue weighted by molar-refractivity contribution is -0.119. The van der Waals surface area contributed by atoms with E-state index in [1.54, 1.807) is 6.33 Å². The van der Waals surface area contributed by atoms with E-state index in [0.29, 0.717) is 13.0 Å². The maximum Gasteiger partial charge on any atom is 0.220 e. The van der Waals surface area contributed by atoms with E-state index in [2.05, 4.69) is 51.4 Å². The smallest absolute Gasteiger partial charge is 0.220 e. The van der Waals surface area contributed by atoms with E-state index in [0.717, 1.165) is 73.9 Å². The predicted molar refractivity (Wildman–Crippen MR) is 118 cm³/mol. The molecule has 1 N–H and O–H groups in total. The van der Waals surface area contributed by atoms with Crippen molar-refractivity contribution < 1.29 is 9.53 Å². The number of aromatic nitrogens is 2. The number of rotatable bonds is 4. The molecule has 1 aromatic carbocycles. The summed E-state index contributed by atoms with van der Waals surface area (Å²) in [5.74, 6) is 2.03. The normalized spacial score (nSPS) is 22.8. The molecule has 4 heterocycles. The maximum absolute atomic E-state index is 11.7. The Hall–Kier alpha value is -2.96. The van der Waals surface area contributed by atoms with Gasteiger partial charge in [0, 0.05) is 37.7 Å². The molecule has 1 aliphatic carbocycles. The minimum Gasteiger partial charge on any atom is -0.488 e. The quantitative estimate of drug-likeness (QED) is 0.828. The van der Waals surface area contributed by atoms with Crippen LogP contribution in [0.1, 0.15) is 55.8 Å². The summed E-state index contributed by atoms with van der Waals surface area (Å²) in [7, 11) is 0. The first-order valence-electron chi connectivity index (χ1n) is 11.2. The van der Waals surface area contributed by atoms with Gasteiger partial charge in [0.05, 0.1) is 18.0 Å². The third kappa shape index (κ3) is 3.46. The van der Waals surface area contributed by atoms with Crippen LogP contribution in [0.25, 0.3) is 0 Å². The molecule has 6 rings (SSSR count). The van der Waals surface area contributed by atoms with E-state index in [4.69, 9.17) is 9.73 Å². The van der Waals surface area contributed by atoms with Crippen molar-refractivity contribution in [3.05, 3.63) is 47.4 Å². The van der Waals surface area contributed by atoms with E-state index in [9.17, 15) is 4.79 Å². The van der Waals surface area contributed by atoms with E-state index < -0.39 is 0 Å². The van der Waals surface area contributed by atoms with E-state index in [1.807, 2.05) is 0 Å². The monoisotopic (exact) mass is 417 g/mol. The number of benzene rings is 1. The highest BCUT2D eigenvalue weighted by molar-refractivity contribution is 6.14. The highest BCUT2D eigenvalue weighted by Crippen LogP contribution is 2.41. The minimum atomic E-state index is -0.00267. The van der Waals surface area contributed by atoms with Gasteiger partial charge in [-0.15, -0.1) is 0 Å². The molecular weight excluding hydrogens is 390 g/mol. The van der Waals surface area contributed by atoms with Crippen molar-refractivity contribution in [3.63, 3.8) is 0 Å². The van der Waals surface area contributed by atoms with Crippen LogP contribution in [0.3, 0.4) is 0 Å². The number of carbonyl (C=O) groups is 1. The average Bonchev–Trinajstić information content (AvgIpc) is 3.18. The van der Waals surface area contributed by atoms with Crippen molar-refractivity contribution in [1.82, 2.24) is 15.3 Å². The Morgan fingerprint density at radius 3 is 2.68 bits per heavy atom. The molecule has 31 heavy (non-hydrogen) atoms. The van der Waals surface area contributed by atoms with Crippen LogP contribution in [0.15, 0.2) is 35.6 Å². The molecule has 1 amide bonds. The largest absolute Gasteiger partial charge is 0.488 e. The molecule has 1 saturated carbocycles. The number of carbonyl (C=O) groups excluding carboxylic acids is 1. The molecule has 0 atom stereocenters. The summed E-state index contributed by atoms with van der Waals surface area (Å²) in [6.07, 6.45) is 6.54. The molecule has 2 saturated heterocycles. The van der Waals surface area contributed by atoms with Crippen LogP contribution in [0.4, 0.5) is 5.82 Å². The SMILES string of the molecule is CC1(Oc2ccc3c(c2)C(c2cc(N4CCC5(CC4)CNC(=O)C5)ncn2)=NC3)CC1. The molecule has 0 unspecified atom stereocenters. The molecule has 3 aliphatic heterocycles. The fraction of sp³-hybridized carbons (Fsp3) is 0.500. The Morgan fingerprint density at radius 2 is 1.94 bits per heavy atom. The molecule has 0 radical (unpaired) electrons. The molecule has 1 spiro atoms. The lowest BCUT2D eigenvalue weighted by atomic mass is 9.77. The fourth-order valence-corrected chi connectivity index (χ4v) is 4.97. The molecule has 4 aliphatic rings. The third-order valence-corrected chi connectivity index (χ3v) is 7.30. The number of hydrogen-bond donors (Lipinski definition) is 1. The summed E-state index contributed by atoms with van der Waals surface area (Å²) in [5, 5.41) is 3.00. The van der Waals surface area contributed by atoms with Crippen molar-refractivity contribution in [2.75, 3.05) is 24.5 Å². The van der Waals surface area contributed by atoms with Crippen molar-refractivity contribution in [2.45, 2.75) is 51.2 Å². The number of nitrogens with zero attached hydrogens (tertiary/aromatic N) is 4. The van der Waals surface area contributed by atoms with Crippen molar-refractivity contribution >= 4 is 17.4 Å². The first-order valence-corrected chi connectivity index (χ1v) is 11.2. The number of piperidine rings is 1. The molecule has 160 valence electrons. The lowest BCUT2D eigenvalue weighted by Crippen LogP contribution is -2.41. The highest BCUT2D eigenvalue weighted by atomic mass is 16.5. The van der Waals surface area contributed by atoms with Crippen LogP contribution in [0.2, 0.25) is 0 Å². The van der Waals surface area contributed by atoms with Gasteiger partial charge in [-0.25, -0.2) is 9.97 Å². The zero-order valence-electron chi connectivity index (χ0n) is 17.9. The Labute approximate surface area is 181 Å². The van der Waals surface area contributed by atoms with Gasteiger partial charge in [-0.3, -0.25) is 9.79 Å². The molecule has 2 aromatic rings. The van der Waals surface area contributed by atoms with Crippen LogP contribution in [-0.2, 0) is 11.3 Å². The zero-order valence-corrected chi connectivity index (χ0v) is 17.9. The molecule has 0 bridgehead atoms. The fourth-order valence-electron chi connectivity index (χ4n) is 4.97. The van der Waals surface area contributed by atoms with Gasteiger partial charge in [0.25, 0.3) is 0 Å². The summed E-state index contributed by atoms with van der Waals surface area (Å²) in [4.78, 5) is 27.9. The number of ether oxygens (including phenoxy) is 1. The van der Waals surface area contributed by atoms with E-state index in [-0.39, 0.29) is 16.9 Å². The van der Waals surface area contributed by atoms with Gasteiger partial charge >= 0.3 is 0 Å². The topological polar surface area (TPSA) is 79.7 Å². The van der Waals surface area contributed by atoms with Crippen molar-refractivity contribution in [1.29, 1.82) is 0 Å². The number of anilines is 1. The second-order valence-electron chi connectivity index (χ2n) is 9.74. The summed E-state index contributed by atoms with van der Waals surface area (Å²) < 4.78 is 6.17. The van der Waals surface area contributed by atoms with Gasteiger partial charge in [-0.05, 0) is 55.7 Å². The van der Waals surface area contributed by atoms with Gasteiger partial charge in [-0.1, -0.05) is 6.07 Å². The second-order valence-corrected chi connectivity index (χ2v) is 9.74. The van der Waals surface area contributed by atoms with Crippen LogP contribution in [-0.4, -0.2) is 46.8 Å². The Balaban J connectivity index is 1.22. The maximum atomic E-state index is 11.7. The van der Waals surface area contributed by atoms with Crippen LogP contribution < -0.4 is 15.0 Å². The molecular formula is C24H27N5O2. The summed E-state index contributed by atoms with van der Waals surface area (Å²) in [6, 6.07) is 8.34. The van der Waals surface area contributed by atoms with Crippen LogP contribution in [0.5, 0.6) is 5.75 Å². The molecule has 3 fully saturated rings. The van der Waals surface area contributed by atoms with E-state index in [1.165, 1.54) is 5.56 Å². The third-order valence-electron chi connectivity index (χ3n) is 7.30. The Kier molecular flexibility index (Phi) is 4.10. The van der Waals surface area contributed by atoms with Crippen LogP contribution >= 0.6 is 0 Å². The Morgan fingerprint density at radius 1 is 1.10 bits per heavy atom. The standard InChI is InChI=1S/C24H27N5O2/c1-23(4-5-23)31-17-3-2-16-13-25-22(18(16)10-17)19-11-20(28-15-27-19)29-8-6-24(7-9-29)12-21(30)26-14-24/h2-3,10-11,15H,4-9,12-14H2,1H3,(H,26,30). The lowest BCUT2D eigenvalue weighted by Gasteiger charge is -2.38. The van der Waals surface area contributed by atoms with E-state index >= 15 is 0 Å². The second kappa shape index (κ2) is 6.77. The van der Waals surface area contributed by atoms with Crippen molar-refractivity contribution in [3.8, 4) is 5.75 Å². The predicted octanol–water partition coefficient (Wildman–Crippen LogP) is 2.87. The zero-order chi connectivity index (χ0) is 21.1. The van der Waals surface area contributed by atoms with Gasteiger partial charge in [0.15, 0.2) is 0 Å². The summed E-state index contributed by atoms with van der Waals surface area (Å²) >= 11 is 0. The van der Waals surface area contributed by atoms with Gasteiger partial charge in [0.1, 0.15) is 23.5 Å². The molecule has 7 heteroatoms. The number of nitrogens with one attached hydrogen (secondary N) is 1. The number of amides is 1. The first kappa shape index (κ1) is 18.8. The highest BCUT2D eigenvalue weighted by Gasteiger charge is 2.41. The summed E-state index contributed by atoms with van der Waals surface area (Å²) in [6.45, 7) is 5.46. The van der Waals surface area contributed by atoms with Gasteiger partial charge < -0.3 is 15.0 Å². The number of fused-ring (bicyclic) bond motifs is 1. The minimum absolute atomic E-state index is 0.00267. The average molecular weight is 418 g/mol. The van der Waals surface area contributed by atoms with Gasteiger partial charge in [0.2, 0.25) is 5.91 Å². The molecule has 1 aromatic heterocycles. The first-order chi connectivity index (χ1) is 15.0. The van der Waals surface area contributed by atoms with Gasteiger partial charge in [-0.2, -0.15) is 0 Å². The number of hydrogen-bond acceptors (Lipinski definition) is 6. The van der Waals surface area contributed by atoms with Crippen molar-refractivity contribution in [2.24, 2.45) is 10.4 Å².